The predicted octanol–water partition coefficient (Wildman–Crippen LogP) is 2.67. The average Bonchev–Trinajstić information content (AvgIpc) is 2.43. The highest BCUT2D eigenvalue weighted by molar-refractivity contribution is 6.30. The summed E-state index contributed by atoms with van der Waals surface area (Å²) in [6.45, 7) is 3.68. The number of hydrogen-bond acceptors (Lipinski definition) is 3. The number of methoxy groups -OCH3 is 1. The molecule has 0 heterocycles. The van der Waals surface area contributed by atoms with Gasteiger partial charge in [0.1, 0.15) is 6.04 Å². The summed E-state index contributed by atoms with van der Waals surface area (Å²) in [6, 6.07) is 6.43. The van der Waals surface area contributed by atoms with Crippen molar-refractivity contribution in [3.63, 3.8) is 0 Å². The first-order valence-electron chi connectivity index (χ1n) is 6.26. The minimum absolute atomic E-state index is 0.0460. The van der Waals surface area contributed by atoms with Crippen LogP contribution in [0.5, 0.6) is 0 Å². The van der Waals surface area contributed by atoms with E-state index in [1.807, 2.05) is 13.8 Å². The van der Waals surface area contributed by atoms with Gasteiger partial charge in [0.15, 0.2) is 0 Å². The molecule has 0 fully saturated rings. The minimum atomic E-state index is -0.651. The maximum Gasteiger partial charge on any atom is 0.328 e. The molecule has 4 nitrogen and oxygen atoms in total. The van der Waals surface area contributed by atoms with Crippen LogP contribution in [0.15, 0.2) is 30.3 Å². The molecule has 5 heteroatoms. The van der Waals surface area contributed by atoms with Crippen molar-refractivity contribution in [3.05, 3.63) is 40.9 Å². The van der Waals surface area contributed by atoms with Crippen LogP contribution in [0.25, 0.3) is 6.08 Å². The molecule has 1 aromatic rings. The summed E-state index contributed by atoms with van der Waals surface area (Å²) in [6.07, 6.45) is 3.03. The van der Waals surface area contributed by atoms with Crippen molar-refractivity contribution < 1.29 is 14.3 Å². The lowest BCUT2D eigenvalue weighted by molar-refractivity contribution is -0.145. The molecule has 1 amide bonds. The van der Waals surface area contributed by atoms with E-state index in [0.29, 0.717) is 5.02 Å². The highest BCUT2D eigenvalue weighted by atomic mass is 35.5. The number of amides is 1. The molecule has 0 aliphatic heterocycles. The van der Waals surface area contributed by atoms with Gasteiger partial charge >= 0.3 is 5.97 Å². The van der Waals surface area contributed by atoms with Crippen molar-refractivity contribution in [3.8, 4) is 0 Å². The van der Waals surface area contributed by atoms with E-state index in [9.17, 15) is 9.59 Å². The van der Waals surface area contributed by atoms with E-state index >= 15 is 0 Å². The number of halogens is 1. The van der Waals surface area contributed by atoms with Gasteiger partial charge in [0.2, 0.25) is 5.91 Å². The number of carbonyl (C=O) groups excluding carboxylic acids is 2. The molecule has 1 atom stereocenters. The lowest BCUT2D eigenvalue weighted by Gasteiger charge is -2.18. The first-order chi connectivity index (χ1) is 9.43. The summed E-state index contributed by atoms with van der Waals surface area (Å²) in [7, 11) is 1.30. The van der Waals surface area contributed by atoms with Crippen molar-refractivity contribution in [2.75, 3.05) is 7.11 Å². The van der Waals surface area contributed by atoms with Crippen molar-refractivity contribution >= 4 is 29.6 Å². The maximum atomic E-state index is 11.8. The van der Waals surface area contributed by atoms with Crippen molar-refractivity contribution in [2.45, 2.75) is 19.9 Å². The summed E-state index contributed by atoms with van der Waals surface area (Å²) in [4.78, 5) is 23.3. The van der Waals surface area contributed by atoms with Crippen LogP contribution >= 0.6 is 11.6 Å². The molecule has 108 valence electrons. The molecule has 0 spiro atoms. The third kappa shape index (κ3) is 5.05. The molecule has 20 heavy (non-hydrogen) atoms. The first kappa shape index (κ1) is 16.2. The maximum absolute atomic E-state index is 11.8. The summed E-state index contributed by atoms with van der Waals surface area (Å²) < 4.78 is 4.66. The second-order valence-corrected chi connectivity index (χ2v) is 5.07. The Labute approximate surface area is 123 Å². The topological polar surface area (TPSA) is 55.4 Å². The molecule has 0 aromatic heterocycles. The van der Waals surface area contributed by atoms with Crippen molar-refractivity contribution in [1.29, 1.82) is 0 Å². The number of ether oxygens (including phenoxy) is 1. The Morgan fingerprint density at radius 2 is 1.85 bits per heavy atom. The first-order valence-corrected chi connectivity index (χ1v) is 6.64. The van der Waals surface area contributed by atoms with E-state index in [4.69, 9.17) is 11.6 Å². The van der Waals surface area contributed by atoms with Gasteiger partial charge < -0.3 is 10.1 Å². The molecule has 0 aliphatic rings. The Kier molecular flexibility index (Phi) is 6.25. The fraction of sp³-hybridized carbons (Fsp3) is 0.333. The number of nitrogens with one attached hydrogen (secondary N) is 1. The lowest BCUT2D eigenvalue weighted by Crippen LogP contribution is -2.44. The number of hydrogen-bond donors (Lipinski definition) is 1. The van der Waals surface area contributed by atoms with Crippen LogP contribution in [0.1, 0.15) is 19.4 Å². The van der Waals surface area contributed by atoms with Crippen LogP contribution in [0.3, 0.4) is 0 Å². The lowest BCUT2D eigenvalue weighted by atomic mass is 10.0. The Bertz CT molecular complexity index is 494. The number of carbonyl (C=O) groups is 2. The van der Waals surface area contributed by atoms with Crippen LogP contribution in [0.2, 0.25) is 5.02 Å². The monoisotopic (exact) mass is 295 g/mol. The fourth-order valence-corrected chi connectivity index (χ4v) is 1.70. The molecule has 1 aromatic carbocycles. The van der Waals surface area contributed by atoms with E-state index in [1.165, 1.54) is 13.2 Å². The van der Waals surface area contributed by atoms with Gasteiger partial charge in [-0.15, -0.1) is 0 Å². The van der Waals surface area contributed by atoms with Gasteiger partial charge in [-0.25, -0.2) is 4.79 Å². The van der Waals surface area contributed by atoms with E-state index < -0.39 is 12.0 Å². The SMILES string of the molecule is COC(=O)C(NC(=O)/C=C/c1ccc(Cl)cc1)C(C)C. The zero-order valence-corrected chi connectivity index (χ0v) is 12.5. The van der Waals surface area contributed by atoms with Gasteiger partial charge in [0.05, 0.1) is 7.11 Å². The zero-order chi connectivity index (χ0) is 15.1. The summed E-state index contributed by atoms with van der Waals surface area (Å²) in [5, 5.41) is 3.26. The van der Waals surface area contributed by atoms with E-state index in [2.05, 4.69) is 10.1 Å². The van der Waals surface area contributed by atoms with E-state index in [0.717, 1.165) is 5.56 Å². The molecular weight excluding hydrogens is 278 g/mol. The molecule has 0 saturated carbocycles. The molecule has 1 rings (SSSR count). The molecular formula is C15H18ClNO3. The number of benzene rings is 1. The van der Waals surface area contributed by atoms with Crippen molar-refractivity contribution in [2.24, 2.45) is 5.92 Å². The second-order valence-electron chi connectivity index (χ2n) is 4.64. The summed E-state index contributed by atoms with van der Waals surface area (Å²) in [5.41, 5.74) is 0.851. The Hall–Kier alpha value is -1.81. The zero-order valence-electron chi connectivity index (χ0n) is 11.7. The molecule has 1 unspecified atom stereocenters. The van der Waals surface area contributed by atoms with E-state index in [-0.39, 0.29) is 11.8 Å². The van der Waals surface area contributed by atoms with Gasteiger partial charge in [-0.3, -0.25) is 4.79 Å². The van der Waals surface area contributed by atoms with Gasteiger partial charge in [-0.1, -0.05) is 37.6 Å². The highest BCUT2D eigenvalue weighted by Gasteiger charge is 2.23. The third-order valence-electron chi connectivity index (χ3n) is 2.72. The smallest absolute Gasteiger partial charge is 0.328 e. The van der Waals surface area contributed by atoms with Gasteiger partial charge in [-0.2, -0.15) is 0 Å². The van der Waals surface area contributed by atoms with E-state index in [1.54, 1.807) is 30.3 Å². The molecule has 1 N–H and O–H groups in total. The predicted molar refractivity (Wildman–Crippen MR) is 79.3 cm³/mol. The van der Waals surface area contributed by atoms with Crippen molar-refractivity contribution in [1.82, 2.24) is 5.32 Å². The van der Waals surface area contributed by atoms with Gasteiger partial charge in [0.25, 0.3) is 0 Å². The molecule has 0 saturated heterocycles. The summed E-state index contributed by atoms with van der Waals surface area (Å²) in [5.74, 6) is -0.840. The van der Waals surface area contributed by atoms with Gasteiger partial charge in [0, 0.05) is 11.1 Å². The average molecular weight is 296 g/mol. The van der Waals surface area contributed by atoms with Crippen LogP contribution < -0.4 is 5.32 Å². The number of rotatable bonds is 5. The minimum Gasteiger partial charge on any atom is -0.467 e. The Morgan fingerprint density at radius 3 is 2.35 bits per heavy atom. The third-order valence-corrected chi connectivity index (χ3v) is 2.97. The molecule has 0 aliphatic carbocycles. The fourth-order valence-electron chi connectivity index (χ4n) is 1.57. The largest absolute Gasteiger partial charge is 0.467 e. The van der Waals surface area contributed by atoms with Crippen LogP contribution in [-0.2, 0) is 14.3 Å². The molecule has 0 radical (unpaired) electrons. The second kappa shape index (κ2) is 7.70. The standard InChI is InChI=1S/C15H18ClNO3/c1-10(2)14(15(19)20-3)17-13(18)9-6-11-4-7-12(16)8-5-11/h4-10,14H,1-3H3,(H,17,18)/b9-6+. The van der Waals surface area contributed by atoms with Crippen LogP contribution in [0.4, 0.5) is 0 Å². The normalized spacial score (nSPS) is 12.4. The molecule has 0 bridgehead atoms. The van der Waals surface area contributed by atoms with Crippen LogP contribution in [0, 0.1) is 5.92 Å². The highest BCUT2D eigenvalue weighted by Crippen LogP contribution is 2.10. The Morgan fingerprint density at radius 1 is 1.25 bits per heavy atom. The number of esters is 1. The van der Waals surface area contributed by atoms with Gasteiger partial charge in [-0.05, 0) is 29.7 Å². The summed E-state index contributed by atoms with van der Waals surface area (Å²) >= 11 is 5.77. The Balaban J connectivity index is 2.66. The van der Waals surface area contributed by atoms with Crippen LogP contribution in [-0.4, -0.2) is 25.0 Å². The quantitative estimate of drug-likeness (QED) is 0.671.